The van der Waals surface area contributed by atoms with Gasteiger partial charge in [-0.15, -0.1) is 0 Å². The minimum absolute atomic E-state index is 0.291. The highest BCUT2D eigenvalue weighted by molar-refractivity contribution is 7.91. The van der Waals surface area contributed by atoms with Crippen LogP contribution in [0, 0.1) is 11.8 Å². The van der Waals surface area contributed by atoms with Crippen LogP contribution in [-0.2, 0) is 9.84 Å². The first-order valence-electron chi connectivity index (χ1n) is 9.73. The summed E-state index contributed by atoms with van der Waals surface area (Å²) in [4.78, 5) is 14.0. The van der Waals surface area contributed by atoms with Crippen LogP contribution in [0.3, 0.4) is 0 Å². The predicted molar refractivity (Wildman–Crippen MR) is 104 cm³/mol. The van der Waals surface area contributed by atoms with Gasteiger partial charge in [0.15, 0.2) is 9.84 Å². The zero-order chi connectivity index (χ0) is 18.1. The molecule has 2 aromatic heterocycles. The van der Waals surface area contributed by atoms with Gasteiger partial charge in [-0.1, -0.05) is 25.7 Å². The third-order valence-corrected chi connectivity index (χ3v) is 8.06. The maximum atomic E-state index is 12.4. The Hall–Kier alpha value is -1.63. The largest absolute Gasteiger partial charge is 0.356 e. The van der Waals surface area contributed by atoms with Crippen LogP contribution in [0.2, 0.25) is 0 Å². The molecular weight excluding hydrogens is 348 g/mol. The Morgan fingerprint density at radius 3 is 2.73 bits per heavy atom. The molecule has 0 aromatic carbocycles. The number of hydrogen-bond acceptors (Lipinski definition) is 5. The summed E-state index contributed by atoms with van der Waals surface area (Å²) < 4.78 is 24.9. The van der Waals surface area contributed by atoms with Crippen LogP contribution < -0.4 is 4.90 Å². The number of nitrogens with one attached hydrogen (secondary N) is 1. The van der Waals surface area contributed by atoms with Crippen molar-refractivity contribution in [1.82, 2.24) is 15.0 Å². The first-order chi connectivity index (χ1) is 12.5. The topological polar surface area (TPSA) is 79.0 Å². The molecular formula is C19H28N4O2S. The molecule has 0 saturated heterocycles. The molecule has 2 aliphatic rings. The third-order valence-electron chi connectivity index (χ3n) is 6.23. The van der Waals surface area contributed by atoms with Crippen LogP contribution in [-0.4, -0.2) is 48.0 Å². The quantitative estimate of drug-likeness (QED) is 0.803. The van der Waals surface area contributed by atoms with Gasteiger partial charge in [0.05, 0.1) is 16.9 Å². The minimum atomic E-state index is -2.92. The number of hydrogen-bond donors (Lipinski definition) is 1. The van der Waals surface area contributed by atoms with Crippen molar-refractivity contribution in [1.29, 1.82) is 0 Å². The molecule has 0 bridgehead atoms. The van der Waals surface area contributed by atoms with E-state index in [1.165, 1.54) is 25.7 Å². The first-order valence-corrected chi connectivity index (χ1v) is 11.6. The second-order valence-corrected chi connectivity index (χ2v) is 10.3. The molecule has 0 unspecified atom stereocenters. The molecule has 0 spiro atoms. The molecule has 26 heavy (non-hydrogen) atoms. The molecule has 0 atom stereocenters. The van der Waals surface area contributed by atoms with Gasteiger partial charge in [-0.3, -0.25) is 0 Å². The standard InChI is InChI=1S/C19H28N4O2S/c1-23(19-17-6-8-20-18(17)21-13-22-19)16-10-15(11-16)12-26(24,25)9-7-14-4-2-3-5-14/h6,8,13-16H,2-5,7,9-12H2,1H3,(H,20,21,22). The van der Waals surface area contributed by atoms with E-state index in [4.69, 9.17) is 0 Å². The molecule has 142 valence electrons. The highest BCUT2D eigenvalue weighted by atomic mass is 32.2. The maximum Gasteiger partial charge on any atom is 0.150 e. The zero-order valence-corrected chi connectivity index (χ0v) is 16.2. The van der Waals surface area contributed by atoms with Crippen molar-refractivity contribution in [3.05, 3.63) is 18.6 Å². The average Bonchev–Trinajstić information content (AvgIpc) is 3.26. The van der Waals surface area contributed by atoms with Crippen molar-refractivity contribution < 1.29 is 8.42 Å². The summed E-state index contributed by atoms with van der Waals surface area (Å²) in [6, 6.07) is 2.35. The number of fused-ring (bicyclic) bond motifs is 1. The highest BCUT2D eigenvalue weighted by Crippen LogP contribution is 2.36. The Morgan fingerprint density at radius 1 is 1.19 bits per heavy atom. The van der Waals surface area contributed by atoms with E-state index in [2.05, 4.69) is 19.9 Å². The fourth-order valence-electron chi connectivity index (χ4n) is 4.55. The lowest BCUT2D eigenvalue weighted by molar-refractivity contribution is 0.282. The van der Waals surface area contributed by atoms with E-state index in [1.54, 1.807) is 6.33 Å². The smallest absolute Gasteiger partial charge is 0.150 e. The number of aromatic nitrogens is 3. The molecule has 2 heterocycles. The average molecular weight is 377 g/mol. The van der Waals surface area contributed by atoms with Crippen molar-refractivity contribution >= 4 is 26.7 Å². The van der Waals surface area contributed by atoms with E-state index in [-0.39, 0.29) is 0 Å². The Kier molecular flexibility index (Phi) is 4.90. The number of nitrogens with zero attached hydrogens (tertiary/aromatic N) is 3. The lowest BCUT2D eigenvalue weighted by atomic mass is 9.81. The van der Waals surface area contributed by atoms with E-state index >= 15 is 0 Å². The number of anilines is 1. The van der Waals surface area contributed by atoms with Crippen molar-refractivity contribution in [3.63, 3.8) is 0 Å². The van der Waals surface area contributed by atoms with Crippen molar-refractivity contribution in [3.8, 4) is 0 Å². The van der Waals surface area contributed by atoms with E-state index in [0.29, 0.717) is 29.4 Å². The monoisotopic (exact) mass is 376 g/mol. The second-order valence-electron chi connectivity index (χ2n) is 8.09. The molecule has 0 radical (unpaired) electrons. The number of rotatable bonds is 7. The van der Waals surface area contributed by atoms with Gasteiger partial charge in [0.25, 0.3) is 0 Å². The van der Waals surface area contributed by atoms with Crippen LogP contribution in [0.15, 0.2) is 18.6 Å². The van der Waals surface area contributed by atoms with E-state index < -0.39 is 9.84 Å². The Balaban J connectivity index is 1.30. The summed E-state index contributed by atoms with van der Waals surface area (Å²) >= 11 is 0. The molecule has 2 aliphatic carbocycles. The SMILES string of the molecule is CN(c1ncnc2[nH]ccc12)C1CC(CS(=O)(=O)CCC2CCCC2)C1. The normalized spacial score (nSPS) is 24.0. The summed E-state index contributed by atoms with van der Waals surface area (Å²) in [7, 11) is -0.872. The van der Waals surface area contributed by atoms with Gasteiger partial charge in [-0.25, -0.2) is 18.4 Å². The van der Waals surface area contributed by atoms with Crippen molar-refractivity contribution in [2.24, 2.45) is 11.8 Å². The van der Waals surface area contributed by atoms with Crippen LogP contribution >= 0.6 is 0 Å². The summed E-state index contributed by atoms with van der Waals surface area (Å²) in [5.41, 5.74) is 0.840. The Labute approximate surface area is 155 Å². The van der Waals surface area contributed by atoms with E-state index in [1.807, 2.05) is 19.3 Å². The molecule has 2 saturated carbocycles. The zero-order valence-electron chi connectivity index (χ0n) is 15.4. The third kappa shape index (κ3) is 3.72. The molecule has 2 aromatic rings. The van der Waals surface area contributed by atoms with Gasteiger partial charge in [-0.2, -0.15) is 0 Å². The number of aromatic amines is 1. The molecule has 2 fully saturated rings. The van der Waals surface area contributed by atoms with Crippen molar-refractivity contribution in [2.75, 3.05) is 23.5 Å². The highest BCUT2D eigenvalue weighted by Gasteiger charge is 2.36. The van der Waals surface area contributed by atoms with Crippen LogP contribution in [0.4, 0.5) is 5.82 Å². The molecule has 6 nitrogen and oxygen atoms in total. The first kappa shape index (κ1) is 17.8. The van der Waals surface area contributed by atoms with Crippen LogP contribution in [0.5, 0.6) is 0 Å². The van der Waals surface area contributed by atoms with E-state index in [9.17, 15) is 8.42 Å². The molecule has 0 amide bonds. The molecule has 1 N–H and O–H groups in total. The summed E-state index contributed by atoms with van der Waals surface area (Å²) in [5, 5.41) is 1.02. The maximum absolute atomic E-state index is 12.4. The molecule has 7 heteroatoms. The second kappa shape index (κ2) is 7.18. The van der Waals surface area contributed by atoms with Crippen LogP contribution in [0.1, 0.15) is 44.9 Å². The molecule has 0 aliphatic heterocycles. The summed E-state index contributed by atoms with van der Waals surface area (Å²) in [6.45, 7) is 0. The fraction of sp³-hybridized carbons (Fsp3) is 0.684. The number of H-pyrrole nitrogens is 1. The van der Waals surface area contributed by atoms with E-state index in [0.717, 1.165) is 36.1 Å². The minimum Gasteiger partial charge on any atom is -0.356 e. The van der Waals surface area contributed by atoms with Gasteiger partial charge in [0.2, 0.25) is 0 Å². The van der Waals surface area contributed by atoms with Gasteiger partial charge in [0.1, 0.15) is 17.8 Å². The summed E-state index contributed by atoms with van der Waals surface area (Å²) in [6.07, 6.45) is 11.2. The fourth-order valence-corrected chi connectivity index (χ4v) is 6.40. The van der Waals surface area contributed by atoms with Gasteiger partial charge in [-0.05, 0) is 37.2 Å². The van der Waals surface area contributed by atoms with Gasteiger partial charge < -0.3 is 9.88 Å². The van der Waals surface area contributed by atoms with Gasteiger partial charge >= 0.3 is 0 Å². The molecule has 4 rings (SSSR count). The lowest BCUT2D eigenvalue weighted by Crippen LogP contribution is -2.45. The van der Waals surface area contributed by atoms with Crippen LogP contribution in [0.25, 0.3) is 11.0 Å². The van der Waals surface area contributed by atoms with Gasteiger partial charge in [0, 0.05) is 19.3 Å². The Bertz CT molecular complexity index is 851. The Morgan fingerprint density at radius 2 is 1.96 bits per heavy atom. The predicted octanol–water partition coefficient (Wildman–Crippen LogP) is 3.17. The lowest BCUT2D eigenvalue weighted by Gasteiger charge is -2.41. The van der Waals surface area contributed by atoms with Crippen molar-refractivity contribution in [2.45, 2.75) is 51.0 Å². The summed E-state index contributed by atoms with van der Waals surface area (Å²) in [5.74, 6) is 2.59. The number of sulfone groups is 1.